The Morgan fingerprint density at radius 2 is 1.83 bits per heavy atom. The van der Waals surface area contributed by atoms with Crippen LogP contribution in [0.5, 0.6) is 5.75 Å². The predicted octanol–water partition coefficient (Wildman–Crippen LogP) is 7.43. The summed E-state index contributed by atoms with van der Waals surface area (Å²) >= 11 is 1.87. The number of amides is 1. The molecule has 4 aliphatic heterocycles. The Morgan fingerprint density at radius 1 is 1.06 bits per heavy atom. The molecular weight excluding hydrogens is 643 g/mol. The van der Waals surface area contributed by atoms with Crippen molar-refractivity contribution in [3.8, 4) is 5.75 Å². The highest BCUT2D eigenvalue weighted by Gasteiger charge is 2.53. The molecule has 0 radical (unpaired) electrons. The largest absolute Gasteiger partial charge is 0.513 e. The van der Waals surface area contributed by atoms with Gasteiger partial charge in [0.05, 0.1) is 23.4 Å². The molecule has 4 heterocycles. The highest BCUT2D eigenvalue weighted by molar-refractivity contribution is 8.02. The quantitative estimate of drug-likeness (QED) is 0.141. The maximum Gasteiger partial charge on any atom is 0.513 e. The Kier molecular flexibility index (Phi) is 10.8. The fourth-order valence-corrected chi connectivity index (χ4v) is 12.8. The minimum Gasteiger partial charge on any atom is -0.497 e. The van der Waals surface area contributed by atoms with Crippen LogP contribution in [0.2, 0.25) is 0 Å². The third-order valence-electron chi connectivity index (χ3n) is 10.2. The molecule has 7 atom stereocenters. The normalized spacial score (nSPS) is 24.5. The Hall–Kier alpha value is -3.32. The summed E-state index contributed by atoms with van der Waals surface area (Å²) in [5.41, 5.74) is 3.64. The standard InChI is InChI=1S/C37H47N3O6SSi/c1-7-24-23-40-33(20-27(24)21-34(40)47-35(8-2)48(43-4,44-5)45-6)36(30-17-18-38-32-16-15-29(42-3)22-31(30)32)46-37(41)39-28-14-13-25-11-9-10-12-26(25)19-28/h7,9-17,19,22,24,27,33-36,38H,1,8,18,20-21,23H2,2-6H3,(H,39,41)/t24-,27?,33-,34?,35?,36+/m0/s1. The number of methoxy groups -OCH3 is 1. The molecule has 256 valence electrons. The van der Waals surface area contributed by atoms with Crippen LogP contribution in [-0.4, -0.2) is 83.7 Å². The molecule has 4 aliphatic rings. The molecule has 7 rings (SSSR count). The summed E-state index contributed by atoms with van der Waals surface area (Å²) in [6.07, 6.45) is 5.94. The summed E-state index contributed by atoms with van der Waals surface area (Å²) in [5.74, 6) is 1.49. The number of anilines is 2. The summed E-state index contributed by atoms with van der Waals surface area (Å²) in [6.45, 7) is 7.81. The van der Waals surface area contributed by atoms with Crippen LogP contribution in [0.3, 0.4) is 0 Å². The van der Waals surface area contributed by atoms with Crippen LogP contribution in [0.25, 0.3) is 16.3 Å². The van der Waals surface area contributed by atoms with Gasteiger partial charge in [-0.3, -0.25) is 10.2 Å². The monoisotopic (exact) mass is 689 g/mol. The van der Waals surface area contributed by atoms with Gasteiger partial charge >= 0.3 is 14.9 Å². The van der Waals surface area contributed by atoms with Gasteiger partial charge in [0.15, 0.2) is 0 Å². The molecule has 48 heavy (non-hydrogen) atoms. The van der Waals surface area contributed by atoms with Crippen molar-refractivity contribution in [1.29, 1.82) is 0 Å². The van der Waals surface area contributed by atoms with Crippen molar-refractivity contribution >= 4 is 54.4 Å². The molecule has 3 fully saturated rings. The number of piperidine rings is 3. The second-order valence-corrected chi connectivity index (χ2v) is 17.5. The van der Waals surface area contributed by atoms with Crippen molar-refractivity contribution in [2.45, 2.75) is 48.6 Å². The van der Waals surface area contributed by atoms with E-state index in [1.165, 1.54) is 0 Å². The molecule has 11 heteroatoms. The number of carbonyl (C=O) groups excluding carboxylic acids is 1. The van der Waals surface area contributed by atoms with E-state index in [0.717, 1.165) is 59.2 Å². The SMILES string of the molecule is C=C[C@H]1CN2C(SC(CC)[Si](OC)(OC)OC)CC1C[C@H]2[C@H](OC(=O)Nc1ccc2ccccc2c1)C1=CCNc2ccc(OC)cc21. The zero-order valence-corrected chi connectivity index (χ0v) is 30.3. The first-order valence-corrected chi connectivity index (χ1v) is 19.4. The Morgan fingerprint density at radius 3 is 2.52 bits per heavy atom. The minimum atomic E-state index is -2.92. The highest BCUT2D eigenvalue weighted by Crippen LogP contribution is 2.49. The number of rotatable bonds is 13. The van der Waals surface area contributed by atoms with Gasteiger partial charge in [0.2, 0.25) is 0 Å². The average molecular weight is 690 g/mol. The van der Waals surface area contributed by atoms with Gasteiger partial charge in [-0.15, -0.1) is 18.3 Å². The summed E-state index contributed by atoms with van der Waals surface area (Å²) in [6, 6.07) is 19.9. The molecule has 0 saturated carbocycles. The summed E-state index contributed by atoms with van der Waals surface area (Å²) < 4.78 is 30.1. The lowest BCUT2D eigenvalue weighted by Crippen LogP contribution is -2.62. The third kappa shape index (κ3) is 6.77. The molecule has 3 saturated heterocycles. The van der Waals surface area contributed by atoms with E-state index in [1.54, 1.807) is 28.4 Å². The second-order valence-electron chi connectivity index (χ2n) is 12.6. The van der Waals surface area contributed by atoms with E-state index >= 15 is 0 Å². The predicted molar refractivity (Wildman–Crippen MR) is 196 cm³/mol. The van der Waals surface area contributed by atoms with Gasteiger partial charge in [-0.1, -0.05) is 49.4 Å². The van der Waals surface area contributed by atoms with E-state index in [0.29, 0.717) is 24.1 Å². The van der Waals surface area contributed by atoms with Gasteiger partial charge in [0.25, 0.3) is 0 Å². The molecule has 4 unspecified atom stereocenters. The van der Waals surface area contributed by atoms with E-state index in [9.17, 15) is 4.79 Å². The first-order chi connectivity index (χ1) is 23.4. The number of carbonyl (C=O) groups is 1. The third-order valence-corrected chi connectivity index (χ3v) is 15.8. The van der Waals surface area contributed by atoms with Crippen molar-refractivity contribution in [2.24, 2.45) is 11.8 Å². The number of nitrogens with zero attached hydrogens (tertiary/aromatic N) is 1. The van der Waals surface area contributed by atoms with E-state index in [1.807, 2.05) is 66.4 Å². The van der Waals surface area contributed by atoms with Crippen LogP contribution in [0.15, 0.2) is 79.4 Å². The van der Waals surface area contributed by atoms with E-state index in [2.05, 4.69) is 47.3 Å². The maximum absolute atomic E-state index is 13.9. The lowest BCUT2D eigenvalue weighted by atomic mass is 9.72. The van der Waals surface area contributed by atoms with Crippen LogP contribution >= 0.6 is 11.8 Å². The molecule has 3 aromatic carbocycles. The number of fused-ring (bicyclic) bond motifs is 5. The lowest BCUT2D eigenvalue weighted by Gasteiger charge is -2.56. The van der Waals surface area contributed by atoms with Crippen LogP contribution in [0, 0.1) is 11.8 Å². The number of nitrogens with one attached hydrogen (secondary N) is 2. The van der Waals surface area contributed by atoms with Crippen LogP contribution in [0.4, 0.5) is 16.2 Å². The maximum atomic E-state index is 13.9. The zero-order valence-electron chi connectivity index (χ0n) is 28.4. The fraction of sp³-hybridized carbons (Fsp3) is 0.432. The van der Waals surface area contributed by atoms with Gasteiger partial charge in [-0.05, 0) is 72.2 Å². The molecule has 3 aromatic rings. The van der Waals surface area contributed by atoms with Crippen molar-refractivity contribution in [1.82, 2.24) is 4.90 Å². The van der Waals surface area contributed by atoms with Gasteiger partial charge in [-0.2, -0.15) is 0 Å². The fourth-order valence-electron chi connectivity index (χ4n) is 7.68. The van der Waals surface area contributed by atoms with Gasteiger partial charge < -0.3 is 28.1 Å². The molecule has 1 amide bonds. The average Bonchev–Trinajstić information content (AvgIpc) is 3.13. The first kappa shape index (κ1) is 34.5. The molecule has 0 spiro atoms. The van der Waals surface area contributed by atoms with Gasteiger partial charge in [-0.25, -0.2) is 4.79 Å². The molecule has 9 nitrogen and oxygen atoms in total. The molecule has 2 N–H and O–H groups in total. The number of thioether (sulfide) groups is 1. The Bertz CT molecular complexity index is 1640. The van der Waals surface area contributed by atoms with Crippen LogP contribution in [-0.2, 0) is 18.0 Å². The summed E-state index contributed by atoms with van der Waals surface area (Å²) in [4.78, 5) is 16.5. The van der Waals surface area contributed by atoms with Crippen molar-refractivity contribution < 1.29 is 27.5 Å². The zero-order chi connectivity index (χ0) is 33.8. The number of benzene rings is 3. The lowest BCUT2D eigenvalue weighted by molar-refractivity contribution is -0.0390. The molecule has 2 bridgehead atoms. The van der Waals surface area contributed by atoms with E-state index in [-0.39, 0.29) is 16.3 Å². The van der Waals surface area contributed by atoms with Crippen LogP contribution in [0.1, 0.15) is 31.7 Å². The smallest absolute Gasteiger partial charge is 0.497 e. The van der Waals surface area contributed by atoms with E-state index in [4.69, 9.17) is 22.8 Å². The highest BCUT2D eigenvalue weighted by atomic mass is 32.2. The van der Waals surface area contributed by atoms with Crippen molar-refractivity contribution in [3.05, 3.63) is 85.0 Å². The summed E-state index contributed by atoms with van der Waals surface area (Å²) in [5, 5.41) is 8.84. The van der Waals surface area contributed by atoms with Crippen molar-refractivity contribution in [2.75, 3.05) is 52.2 Å². The van der Waals surface area contributed by atoms with Crippen molar-refractivity contribution in [3.63, 3.8) is 0 Å². The molecule has 0 aliphatic carbocycles. The number of hydrogen-bond acceptors (Lipinski definition) is 9. The van der Waals surface area contributed by atoms with Gasteiger partial charge in [0, 0.05) is 56.9 Å². The second kappa shape index (κ2) is 15.1. The molecule has 0 aromatic heterocycles. The van der Waals surface area contributed by atoms with E-state index < -0.39 is 21.0 Å². The molecular formula is C37H47N3O6SSi. The van der Waals surface area contributed by atoms with Gasteiger partial charge in [0.1, 0.15) is 11.9 Å². The first-order valence-electron chi connectivity index (χ1n) is 16.6. The topological polar surface area (TPSA) is 90.5 Å². The number of hydrogen-bond donors (Lipinski definition) is 2. The summed E-state index contributed by atoms with van der Waals surface area (Å²) in [7, 11) is 3.79. The Balaban J connectivity index is 1.35. The van der Waals surface area contributed by atoms with Crippen LogP contribution < -0.4 is 15.4 Å². The Labute approximate surface area is 289 Å². The minimum absolute atomic E-state index is 0.0448. The number of ether oxygens (including phenoxy) is 2.